The second kappa shape index (κ2) is 6.96. The molecule has 9 heteroatoms. The van der Waals surface area contributed by atoms with Crippen LogP contribution in [0.1, 0.15) is 33.6 Å². The number of halogens is 1. The van der Waals surface area contributed by atoms with Crippen molar-refractivity contribution in [3.05, 3.63) is 0 Å². The zero-order chi connectivity index (χ0) is 18.1. The van der Waals surface area contributed by atoms with Crippen molar-refractivity contribution in [2.75, 3.05) is 26.2 Å². The van der Waals surface area contributed by atoms with Crippen molar-refractivity contribution in [1.29, 1.82) is 0 Å². The molecule has 24 heavy (non-hydrogen) atoms. The van der Waals surface area contributed by atoms with Gasteiger partial charge < -0.3 is 14.5 Å². The van der Waals surface area contributed by atoms with Gasteiger partial charge in [-0.05, 0) is 45.2 Å². The molecule has 134 valence electrons. The number of nitrogens with zero attached hydrogens (tertiary/aromatic N) is 3. The molecule has 2 saturated heterocycles. The number of amides is 4. The quantitative estimate of drug-likeness (QED) is 0.401. The first-order valence-corrected chi connectivity index (χ1v) is 8.28. The van der Waals surface area contributed by atoms with Crippen molar-refractivity contribution >= 4 is 34.9 Å². The van der Waals surface area contributed by atoms with Crippen LogP contribution in [-0.4, -0.2) is 75.8 Å². The number of carbonyl (C=O) groups excluding carboxylic acids is 4. The summed E-state index contributed by atoms with van der Waals surface area (Å²) >= 11 is 5.29. The third-order valence-corrected chi connectivity index (χ3v) is 4.23. The molecule has 4 amide bonds. The first kappa shape index (κ1) is 18.5. The van der Waals surface area contributed by atoms with E-state index in [-0.39, 0.29) is 25.2 Å². The van der Waals surface area contributed by atoms with Crippen LogP contribution in [0.3, 0.4) is 0 Å². The molecule has 0 bridgehead atoms. The number of likely N-dealkylation sites (tertiary alicyclic amines) is 1. The zero-order valence-corrected chi connectivity index (χ0v) is 14.8. The Balaban J connectivity index is 1.91. The van der Waals surface area contributed by atoms with E-state index in [0.717, 1.165) is 4.90 Å². The maximum absolute atomic E-state index is 12.2. The molecule has 0 aromatic rings. The summed E-state index contributed by atoms with van der Waals surface area (Å²) in [6, 6.07) is -0.132. The van der Waals surface area contributed by atoms with E-state index in [4.69, 9.17) is 16.3 Å². The summed E-state index contributed by atoms with van der Waals surface area (Å²) < 4.78 is 5.33. The van der Waals surface area contributed by atoms with E-state index in [9.17, 15) is 19.2 Å². The Morgan fingerprint density at radius 1 is 1.04 bits per heavy atom. The van der Waals surface area contributed by atoms with Gasteiger partial charge in [0.15, 0.2) is 0 Å². The predicted molar refractivity (Wildman–Crippen MR) is 85.5 cm³/mol. The summed E-state index contributed by atoms with van der Waals surface area (Å²) in [4.78, 5) is 51.0. The van der Waals surface area contributed by atoms with Gasteiger partial charge in [0.25, 0.3) is 0 Å². The van der Waals surface area contributed by atoms with Crippen molar-refractivity contribution in [2.45, 2.75) is 45.3 Å². The van der Waals surface area contributed by atoms with Crippen LogP contribution in [-0.2, 0) is 14.3 Å². The Bertz CT molecular complexity index is 552. The summed E-state index contributed by atoms with van der Waals surface area (Å²) in [5.41, 5.74) is -0.555. The van der Waals surface area contributed by atoms with E-state index >= 15 is 0 Å². The van der Waals surface area contributed by atoms with Gasteiger partial charge in [-0.25, -0.2) is 4.79 Å². The monoisotopic (exact) mass is 359 g/mol. The van der Waals surface area contributed by atoms with Gasteiger partial charge in [-0.1, -0.05) is 0 Å². The Morgan fingerprint density at radius 3 is 2.12 bits per heavy atom. The van der Waals surface area contributed by atoms with Crippen LogP contribution in [0.4, 0.5) is 9.59 Å². The van der Waals surface area contributed by atoms with E-state index < -0.39 is 22.8 Å². The van der Waals surface area contributed by atoms with Crippen molar-refractivity contribution in [3.8, 4) is 0 Å². The number of carbonyl (C=O) groups is 4. The van der Waals surface area contributed by atoms with Gasteiger partial charge in [-0.15, -0.1) is 0 Å². The molecule has 0 unspecified atom stereocenters. The molecule has 0 aliphatic carbocycles. The summed E-state index contributed by atoms with van der Waals surface area (Å²) in [5, 5.41) is -0.937. The Hall–Kier alpha value is -1.83. The number of imide groups is 1. The SMILES string of the molecule is CC(C)(C)OC(=O)N1CCC(N2CCN(C(=O)Cl)C(=O)C2=O)CC1. The van der Waals surface area contributed by atoms with Crippen LogP contribution in [0.5, 0.6) is 0 Å². The number of piperidine rings is 1. The Kier molecular flexibility index (Phi) is 5.37. The lowest BCUT2D eigenvalue weighted by Crippen LogP contribution is -2.59. The highest BCUT2D eigenvalue weighted by atomic mass is 35.5. The van der Waals surface area contributed by atoms with Crippen molar-refractivity contribution < 1.29 is 23.9 Å². The molecule has 2 aliphatic heterocycles. The Morgan fingerprint density at radius 2 is 1.62 bits per heavy atom. The topological polar surface area (TPSA) is 87.2 Å². The standard InChI is InChI=1S/C15H22ClN3O5/c1-15(2,3)24-14(23)17-6-4-10(5-7-17)18-8-9-19(13(16)22)12(21)11(18)20/h10H,4-9H2,1-3H3. The van der Waals surface area contributed by atoms with Gasteiger partial charge in [0.2, 0.25) is 0 Å². The fraction of sp³-hybridized carbons (Fsp3) is 0.733. The van der Waals surface area contributed by atoms with Crippen LogP contribution < -0.4 is 0 Å². The number of piperazine rings is 1. The van der Waals surface area contributed by atoms with E-state index in [1.54, 1.807) is 25.7 Å². The van der Waals surface area contributed by atoms with Crippen LogP contribution in [0.15, 0.2) is 0 Å². The number of rotatable bonds is 1. The molecule has 0 atom stereocenters. The van der Waals surface area contributed by atoms with Crippen LogP contribution >= 0.6 is 11.6 Å². The number of ether oxygens (including phenoxy) is 1. The first-order chi connectivity index (χ1) is 11.1. The molecular weight excluding hydrogens is 338 g/mol. The van der Waals surface area contributed by atoms with E-state index in [0.29, 0.717) is 25.9 Å². The van der Waals surface area contributed by atoms with Gasteiger partial charge in [0, 0.05) is 32.2 Å². The van der Waals surface area contributed by atoms with E-state index in [2.05, 4.69) is 0 Å². The highest BCUT2D eigenvalue weighted by Crippen LogP contribution is 2.21. The molecule has 2 heterocycles. The Labute approximate surface area is 145 Å². The second-order valence-corrected chi connectivity index (χ2v) is 7.23. The predicted octanol–water partition coefficient (Wildman–Crippen LogP) is 1.42. The maximum Gasteiger partial charge on any atom is 0.410 e. The average molecular weight is 360 g/mol. The van der Waals surface area contributed by atoms with Crippen LogP contribution in [0.25, 0.3) is 0 Å². The maximum atomic E-state index is 12.2. The fourth-order valence-electron chi connectivity index (χ4n) is 2.85. The highest BCUT2D eigenvalue weighted by molar-refractivity contribution is 6.65. The van der Waals surface area contributed by atoms with Gasteiger partial charge in [-0.2, -0.15) is 0 Å². The summed E-state index contributed by atoms with van der Waals surface area (Å²) in [6.45, 7) is 6.68. The molecule has 0 saturated carbocycles. The molecule has 0 aromatic heterocycles. The first-order valence-electron chi connectivity index (χ1n) is 7.90. The number of hydrogen-bond acceptors (Lipinski definition) is 5. The zero-order valence-electron chi connectivity index (χ0n) is 14.1. The molecular formula is C15H22ClN3O5. The highest BCUT2D eigenvalue weighted by Gasteiger charge is 2.40. The molecule has 2 aliphatic rings. The second-order valence-electron chi connectivity index (χ2n) is 6.91. The summed E-state index contributed by atoms with van der Waals surface area (Å²) in [7, 11) is 0. The molecule has 2 rings (SSSR count). The minimum atomic E-state index is -0.937. The normalized spacial score (nSPS) is 20.4. The molecule has 0 spiro atoms. The van der Waals surface area contributed by atoms with Crippen molar-refractivity contribution in [2.24, 2.45) is 0 Å². The molecule has 2 fully saturated rings. The average Bonchev–Trinajstić information content (AvgIpc) is 2.48. The van der Waals surface area contributed by atoms with E-state index in [1.165, 1.54) is 4.90 Å². The van der Waals surface area contributed by atoms with Crippen LogP contribution in [0.2, 0.25) is 0 Å². The smallest absolute Gasteiger partial charge is 0.410 e. The summed E-state index contributed by atoms with van der Waals surface area (Å²) in [5.74, 6) is -1.61. The van der Waals surface area contributed by atoms with Crippen LogP contribution in [0, 0.1) is 0 Å². The lowest BCUT2D eigenvalue weighted by atomic mass is 10.0. The van der Waals surface area contributed by atoms with Gasteiger partial charge in [0.05, 0.1) is 0 Å². The lowest BCUT2D eigenvalue weighted by Gasteiger charge is -2.41. The van der Waals surface area contributed by atoms with E-state index in [1.807, 2.05) is 0 Å². The van der Waals surface area contributed by atoms with Crippen molar-refractivity contribution in [3.63, 3.8) is 0 Å². The number of hydrogen-bond donors (Lipinski definition) is 0. The fourth-order valence-corrected chi connectivity index (χ4v) is 3.01. The largest absolute Gasteiger partial charge is 0.444 e. The minimum Gasteiger partial charge on any atom is -0.444 e. The third-order valence-electron chi connectivity index (χ3n) is 4.02. The molecule has 0 N–H and O–H groups in total. The molecule has 8 nitrogen and oxygen atoms in total. The molecule has 0 radical (unpaired) electrons. The van der Waals surface area contributed by atoms with Gasteiger partial charge in [-0.3, -0.25) is 19.3 Å². The third kappa shape index (κ3) is 4.17. The van der Waals surface area contributed by atoms with Gasteiger partial charge in [0.1, 0.15) is 5.60 Å². The molecule has 0 aromatic carbocycles. The van der Waals surface area contributed by atoms with Gasteiger partial charge >= 0.3 is 23.3 Å². The lowest BCUT2D eigenvalue weighted by molar-refractivity contribution is -0.155. The minimum absolute atomic E-state index is 0.0964. The van der Waals surface area contributed by atoms with Crippen molar-refractivity contribution in [1.82, 2.24) is 14.7 Å². The summed E-state index contributed by atoms with van der Waals surface area (Å²) in [6.07, 6.45) is 0.751.